The van der Waals surface area contributed by atoms with Crippen LogP contribution in [0.3, 0.4) is 0 Å². The topological polar surface area (TPSA) is 57.2 Å². The minimum Gasteiger partial charge on any atom is -0.381 e. The highest BCUT2D eigenvalue weighted by Crippen LogP contribution is 2.08. The third-order valence-electron chi connectivity index (χ3n) is 2.19. The Kier molecular flexibility index (Phi) is 2.99. The highest BCUT2D eigenvalue weighted by atomic mass is 16.3. The number of nitrogens with zero attached hydrogens (tertiary/aromatic N) is 1. The molecule has 0 aliphatic carbocycles. The van der Waals surface area contributed by atoms with E-state index in [-0.39, 0.29) is 0 Å². The summed E-state index contributed by atoms with van der Waals surface area (Å²) in [5.74, 6) is 0. The molecule has 4 heteroatoms. The second-order valence-electron chi connectivity index (χ2n) is 3.26. The molecule has 1 aliphatic heterocycles. The van der Waals surface area contributed by atoms with Crippen LogP contribution in [0.1, 0.15) is 0 Å². The Morgan fingerprint density at radius 1 is 1.40 bits per heavy atom. The summed E-state index contributed by atoms with van der Waals surface area (Å²) >= 11 is 0. The molecule has 3 N–H and O–H groups in total. The molecule has 4 nitrogen and oxygen atoms in total. The monoisotopic (exact) mass is 203 g/mol. The fourth-order valence-corrected chi connectivity index (χ4v) is 1.35. The lowest BCUT2D eigenvalue weighted by Gasteiger charge is -2.18. The van der Waals surface area contributed by atoms with Crippen LogP contribution in [0.25, 0.3) is 0 Å². The number of aromatic nitrogens is 1. The zero-order valence-corrected chi connectivity index (χ0v) is 8.22. The molecule has 1 aliphatic rings. The normalized spacial score (nSPS) is 19.3. The fraction of sp³-hybridized carbons (Fsp3) is 0.182. The van der Waals surface area contributed by atoms with Crippen LogP contribution >= 0.6 is 0 Å². The number of aliphatic hydroxyl groups excluding tert-OH is 1. The third-order valence-corrected chi connectivity index (χ3v) is 2.19. The van der Waals surface area contributed by atoms with Gasteiger partial charge in [0.15, 0.2) is 0 Å². The molecule has 1 aromatic heterocycles. The molecule has 2 rings (SSSR count). The number of hydrogen-bond donors (Lipinski definition) is 3. The molecule has 15 heavy (non-hydrogen) atoms. The Balaban J connectivity index is 1.93. The van der Waals surface area contributed by atoms with Crippen molar-refractivity contribution in [2.75, 3.05) is 11.9 Å². The van der Waals surface area contributed by atoms with Crippen LogP contribution in [0.2, 0.25) is 0 Å². The maximum absolute atomic E-state index is 9.56. The van der Waals surface area contributed by atoms with Crippen LogP contribution in [0.15, 0.2) is 48.5 Å². The van der Waals surface area contributed by atoms with E-state index < -0.39 is 6.23 Å². The van der Waals surface area contributed by atoms with E-state index in [9.17, 15) is 5.11 Å². The van der Waals surface area contributed by atoms with Gasteiger partial charge in [-0.3, -0.25) is 4.98 Å². The van der Waals surface area contributed by atoms with Crippen molar-refractivity contribution in [2.45, 2.75) is 6.23 Å². The lowest BCUT2D eigenvalue weighted by molar-refractivity contribution is 0.187. The first-order chi connectivity index (χ1) is 7.36. The summed E-state index contributed by atoms with van der Waals surface area (Å²) in [6.45, 7) is 0.614. The molecule has 0 fully saturated rings. The summed E-state index contributed by atoms with van der Waals surface area (Å²) in [4.78, 5) is 3.93. The summed E-state index contributed by atoms with van der Waals surface area (Å²) in [6.07, 6.45) is 8.36. The molecule has 2 heterocycles. The van der Waals surface area contributed by atoms with Crippen molar-refractivity contribution in [3.8, 4) is 0 Å². The average molecular weight is 203 g/mol. The molecular weight excluding hydrogens is 190 g/mol. The van der Waals surface area contributed by atoms with Gasteiger partial charge >= 0.3 is 0 Å². The second kappa shape index (κ2) is 4.61. The number of dihydropyridines is 1. The van der Waals surface area contributed by atoms with Crippen LogP contribution < -0.4 is 10.6 Å². The number of hydrogen-bond acceptors (Lipinski definition) is 4. The lowest BCUT2D eigenvalue weighted by Crippen LogP contribution is -2.31. The largest absolute Gasteiger partial charge is 0.381 e. The second-order valence-corrected chi connectivity index (χ2v) is 3.26. The molecule has 1 aromatic rings. The molecule has 1 unspecified atom stereocenters. The highest BCUT2D eigenvalue weighted by molar-refractivity contribution is 5.42. The van der Waals surface area contributed by atoms with Crippen LogP contribution in [0.5, 0.6) is 0 Å². The molecule has 0 spiro atoms. The van der Waals surface area contributed by atoms with E-state index in [0.29, 0.717) is 6.54 Å². The van der Waals surface area contributed by atoms with Gasteiger partial charge < -0.3 is 15.7 Å². The van der Waals surface area contributed by atoms with Crippen molar-refractivity contribution in [1.82, 2.24) is 10.3 Å². The van der Waals surface area contributed by atoms with E-state index >= 15 is 0 Å². The van der Waals surface area contributed by atoms with Crippen LogP contribution in [0.4, 0.5) is 5.69 Å². The molecule has 0 saturated heterocycles. The van der Waals surface area contributed by atoms with Crippen molar-refractivity contribution in [3.05, 3.63) is 48.5 Å². The van der Waals surface area contributed by atoms with Gasteiger partial charge in [-0.2, -0.15) is 0 Å². The van der Waals surface area contributed by atoms with Crippen molar-refractivity contribution in [2.24, 2.45) is 0 Å². The number of aliphatic hydroxyl groups is 1. The molecule has 1 atom stereocenters. The van der Waals surface area contributed by atoms with E-state index in [1.165, 1.54) is 0 Å². The van der Waals surface area contributed by atoms with Gasteiger partial charge in [0.05, 0.1) is 0 Å². The number of pyridine rings is 1. The molecule has 78 valence electrons. The van der Waals surface area contributed by atoms with E-state index in [4.69, 9.17) is 0 Å². The lowest BCUT2D eigenvalue weighted by atomic mass is 10.1. The fourth-order valence-electron chi connectivity index (χ4n) is 1.35. The Morgan fingerprint density at radius 3 is 2.93 bits per heavy atom. The van der Waals surface area contributed by atoms with Crippen molar-refractivity contribution in [3.63, 3.8) is 0 Å². The van der Waals surface area contributed by atoms with Gasteiger partial charge in [0.25, 0.3) is 0 Å². The predicted octanol–water partition coefficient (Wildman–Crippen LogP) is 0.855. The molecule has 0 radical (unpaired) electrons. The zero-order valence-electron chi connectivity index (χ0n) is 8.22. The van der Waals surface area contributed by atoms with Crippen molar-refractivity contribution < 1.29 is 5.11 Å². The SMILES string of the molecule is OC1NC=CC=C1CNc1ccncc1. The summed E-state index contributed by atoms with van der Waals surface area (Å²) in [7, 11) is 0. The molecule has 0 saturated carbocycles. The molecule has 0 bridgehead atoms. The average Bonchev–Trinajstić information content (AvgIpc) is 2.29. The summed E-state index contributed by atoms with van der Waals surface area (Å²) in [5.41, 5.74) is 1.90. The van der Waals surface area contributed by atoms with Crippen LogP contribution in [-0.2, 0) is 0 Å². The number of allylic oxidation sites excluding steroid dienone is 2. The smallest absolute Gasteiger partial charge is 0.148 e. The maximum Gasteiger partial charge on any atom is 0.148 e. The summed E-state index contributed by atoms with van der Waals surface area (Å²) in [6, 6.07) is 3.78. The first kappa shape index (κ1) is 9.73. The standard InChI is InChI=1S/C11H13N3O/c15-11-9(2-1-5-13-11)8-14-10-3-6-12-7-4-10/h1-7,11,13,15H,8H2,(H,12,14). The van der Waals surface area contributed by atoms with E-state index in [1.54, 1.807) is 18.6 Å². The van der Waals surface area contributed by atoms with Gasteiger partial charge in [-0.15, -0.1) is 0 Å². The minimum absolute atomic E-state index is 0.593. The number of nitrogens with one attached hydrogen (secondary N) is 2. The molecule has 0 amide bonds. The Labute approximate surface area is 88.3 Å². The Bertz CT molecular complexity index is 373. The molecular formula is C11H13N3O. The summed E-state index contributed by atoms with van der Waals surface area (Å²) < 4.78 is 0. The van der Waals surface area contributed by atoms with Gasteiger partial charge in [-0.1, -0.05) is 6.08 Å². The molecule has 0 aromatic carbocycles. The predicted molar refractivity (Wildman–Crippen MR) is 59.1 cm³/mol. The van der Waals surface area contributed by atoms with Crippen LogP contribution in [0, 0.1) is 0 Å². The quantitative estimate of drug-likeness (QED) is 0.682. The Hall–Kier alpha value is -1.81. The van der Waals surface area contributed by atoms with Crippen molar-refractivity contribution in [1.29, 1.82) is 0 Å². The van der Waals surface area contributed by atoms with E-state index in [0.717, 1.165) is 11.3 Å². The zero-order chi connectivity index (χ0) is 10.5. The highest BCUT2D eigenvalue weighted by Gasteiger charge is 2.09. The minimum atomic E-state index is -0.593. The van der Waals surface area contributed by atoms with Crippen LogP contribution in [-0.4, -0.2) is 22.9 Å². The van der Waals surface area contributed by atoms with E-state index in [1.807, 2.05) is 24.3 Å². The first-order valence-electron chi connectivity index (χ1n) is 4.80. The number of rotatable bonds is 3. The van der Waals surface area contributed by atoms with Gasteiger partial charge in [-0.05, 0) is 30.0 Å². The van der Waals surface area contributed by atoms with Gasteiger partial charge in [0.2, 0.25) is 0 Å². The van der Waals surface area contributed by atoms with Gasteiger partial charge in [0, 0.05) is 24.6 Å². The van der Waals surface area contributed by atoms with E-state index in [2.05, 4.69) is 15.6 Å². The Morgan fingerprint density at radius 2 is 2.20 bits per heavy atom. The first-order valence-corrected chi connectivity index (χ1v) is 4.80. The number of anilines is 1. The maximum atomic E-state index is 9.56. The van der Waals surface area contributed by atoms with Gasteiger partial charge in [0.1, 0.15) is 6.23 Å². The third kappa shape index (κ3) is 2.57. The summed E-state index contributed by atoms with van der Waals surface area (Å²) in [5, 5.41) is 15.6. The van der Waals surface area contributed by atoms with Crippen molar-refractivity contribution >= 4 is 5.69 Å². The van der Waals surface area contributed by atoms with Gasteiger partial charge in [-0.25, -0.2) is 0 Å².